The molecule has 0 unspecified atom stereocenters. The minimum atomic E-state index is -3.68. The van der Waals surface area contributed by atoms with Crippen LogP contribution in [0, 0.1) is 13.8 Å². The van der Waals surface area contributed by atoms with E-state index in [0.717, 1.165) is 10.0 Å². The Labute approximate surface area is 133 Å². The number of hydrogen-bond acceptors (Lipinski definition) is 3. The molecule has 0 saturated carbocycles. The first-order valence-electron chi connectivity index (χ1n) is 6.33. The Balaban J connectivity index is 2.42. The number of hydrogen-bond donors (Lipinski definition) is 2. The minimum Gasteiger partial charge on any atom is -0.392 e. The van der Waals surface area contributed by atoms with E-state index in [0.29, 0.717) is 16.8 Å². The Morgan fingerprint density at radius 2 is 1.71 bits per heavy atom. The molecule has 0 fully saturated rings. The highest BCUT2D eigenvalue weighted by Gasteiger charge is 2.18. The zero-order valence-corrected chi connectivity index (χ0v) is 14.1. The fraction of sp³-hybridized carbons (Fsp3) is 0.200. The van der Waals surface area contributed by atoms with Crippen LogP contribution in [0.3, 0.4) is 0 Å². The van der Waals surface area contributed by atoms with Gasteiger partial charge in [-0.1, -0.05) is 22.0 Å². The van der Waals surface area contributed by atoms with E-state index in [1.54, 1.807) is 37.3 Å². The molecular weight excluding hydrogens is 354 g/mol. The molecule has 6 heteroatoms. The van der Waals surface area contributed by atoms with Crippen LogP contribution in [0.4, 0.5) is 5.69 Å². The van der Waals surface area contributed by atoms with Crippen LogP contribution in [0.25, 0.3) is 0 Å². The van der Waals surface area contributed by atoms with Gasteiger partial charge in [-0.15, -0.1) is 0 Å². The average Bonchev–Trinajstić information content (AvgIpc) is 2.41. The lowest BCUT2D eigenvalue weighted by Crippen LogP contribution is -2.15. The van der Waals surface area contributed by atoms with Crippen molar-refractivity contribution >= 4 is 31.6 Å². The van der Waals surface area contributed by atoms with Crippen LogP contribution in [0.1, 0.15) is 16.7 Å². The van der Waals surface area contributed by atoms with Crippen LogP contribution in [-0.4, -0.2) is 13.5 Å². The summed E-state index contributed by atoms with van der Waals surface area (Å²) in [6.07, 6.45) is 0. The molecule has 0 atom stereocenters. The van der Waals surface area contributed by atoms with E-state index in [1.165, 1.54) is 6.07 Å². The van der Waals surface area contributed by atoms with Crippen molar-refractivity contribution in [2.24, 2.45) is 0 Å². The third-order valence-corrected chi connectivity index (χ3v) is 5.24. The van der Waals surface area contributed by atoms with Crippen LogP contribution < -0.4 is 4.72 Å². The van der Waals surface area contributed by atoms with Gasteiger partial charge < -0.3 is 5.11 Å². The molecule has 2 aromatic carbocycles. The number of anilines is 1. The van der Waals surface area contributed by atoms with E-state index in [2.05, 4.69) is 20.7 Å². The van der Waals surface area contributed by atoms with Gasteiger partial charge in [0.2, 0.25) is 0 Å². The van der Waals surface area contributed by atoms with Crippen molar-refractivity contribution in [2.75, 3.05) is 4.72 Å². The van der Waals surface area contributed by atoms with Crippen molar-refractivity contribution in [2.45, 2.75) is 25.3 Å². The Hall–Kier alpha value is -1.37. The standard InChI is InChI=1S/C15H16BrNO3S/c1-10-7-11(2)15(8-12(10)9-18)21(19,20)17-14-5-3-13(16)4-6-14/h3-8,17-18H,9H2,1-2H3. The van der Waals surface area contributed by atoms with Gasteiger partial charge in [0.05, 0.1) is 11.5 Å². The van der Waals surface area contributed by atoms with Crippen molar-refractivity contribution in [1.82, 2.24) is 0 Å². The Kier molecular flexibility index (Phi) is 4.70. The normalized spacial score (nSPS) is 11.4. The van der Waals surface area contributed by atoms with Crippen LogP contribution >= 0.6 is 15.9 Å². The van der Waals surface area contributed by atoms with Gasteiger partial charge in [-0.25, -0.2) is 8.42 Å². The molecule has 0 aliphatic heterocycles. The van der Waals surface area contributed by atoms with Crippen molar-refractivity contribution in [3.63, 3.8) is 0 Å². The molecule has 0 aliphatic carbocycles. The Morgan fingerprint density at radius 3 is 2.29 bits per heavy atom. The minimum absolute atomic E-state index is 0.181. The van der Waals surface area contributed by atoms with Crippen molar-refractivity contribution in [3.05, 3.63) is 57.6 Å². The summed E-state index contributed by atoms with van der Waals surface area (Å²) in [4.78, 5) is 0.181. The summed E-state index contributed by atoms with van der Waals surface area (Å²) in [7, 11) is -3.68. The lowest BCUT2D eigenvalue weighted by Gasteiger charge is -2.13. The third-order valence-electron chi connectivity index (χ3n) is 3.19. The molecule has 0 heterocycles. The summed E-state index contributed by atoms with van der Waals surface area (Å²) in [5, 5.41) is 9.30. The van der Waals surface area contributed by atoms with Gasteiger partial charge in [-0.3, -0.25) is 4.72 Å². The van der Waals surface area contributed by atoms with Crippen molar-refractivity contribution in [1.29, 1.82) is 0 Å². The number of benzene rings is 2. The monoisotopic (exact) mass is 369 g/mol. The van der Waals surface area contributed by atoms with Crippen LogP contribution in [0.2, 0.25) is 0 Å². The molecular formula is C15H16BrNO3S. The van der Waals surface area contributed by atoms with E-state index < -0.39 is 10.0 Å². The van der Waals surface area contributed by atoms with Gasteiger partial charge in [0, 0.05) is 10.2 Å². The van der Waals surface area contributed by atoms with E-state index in [9.17, 15) is 13.5 Å². The van der Waals surface area contributed by atoms with Crippen LogP contribution in [0.5, 0.6) is 0 Å². The van der Waals surface area contributed by atoms with Crippen molar-refractivity contribution < 1.29 is 13.5 Å². The molecule has 2 rings (SSSR count). The van der Waals surface area contributed by atoms with Crippen LogP contribution in [-0.2, 0) is 16.6 Å². The highest BCUT2D eigenvalue weighted by molar-refractivity contribution is 9.10. The molecule has 0 amide bonds. The topological polar surface area (TPSA) is 66.4 Å². The van der Waals surface area contributed by atoms with Gasteiger partial charge in [0.15, 0.2) is 0 Å². The molecule has 2 aromatic rings. The maximum absolute atomic E-state index is 12.5. The van der Waals surface area contributed by atoms with Gasteiger partial charge >= 0.3 is 0 Å². The van der Waals surface area contributed by atoms with Gasteiger partial charge in [0.1, 0.15) is 0 Å². The number of nitrogens with one attached hydrogen (secondary N) is 1. The Bertz CT molecular complexity index is 755. The number of aryl methyl sites for hydroxylation is 2. The molecule has 2 N–H and O–H groups in total. The largest absolute Gasteiger partial charge is 0.392 e. The number of sulfonamides is 1. The quantitative estimate of drug-likeness (QED) is 0.867. The predicted molar refractivity (Wildman–Crippen MR) is 86.8 cm³/mol. The maximum atomic E-state index is 12.5. The highest BCUT2D eigenvalue weighted by Crippen LogP contribution is 2.24. The molecule has 4 nitrogen and oxygen atoms in total. The summed E-state index contributed by atoms with van der Waals surface area (Å²) in [6, 6.07) is 10.2. The zero-order valence-electron chi connectivity index (χ0n) is 11.7. The highest BCUT2D eigenvalue weighted by atomic mass is 79.9. The predicted octanol–water partition coefficient (Wildman–Crippen LogP) is 3.36. The summed E-state index contributed by atoms with van der Waals surface area (Å²) in [5.74, 6) is 0. The second-order valence-electron chi connectivity index (χ2n) is 4.81. The summed E-state index contributed by atoms with van der Waals surface area (Å²) >= 11 is 3.30. The lowest BCUT2D eigenvalue weighted by atomic mass is 10.1. The average molecular weight is 370 g/mol. The van der Waals surface area contributed by atoms with Crippen molar-refractivity contribution in [3.8, 4) is 0 Å². The summed E-state index contributed by atoms with van der Waals surface area (Å²) in [5.41, 5.74) is 2.62. The SMILES string of the molecule is Cc1cc(C)c(S(=O)(=O)Nc2ccc(Br)cc2)cc1CO. The van der Waals surface area contributed by atoms with E-state index in [4.69, 9.17) is 0 Å². The third kappa shape index (κ3) is 3.64. The van der Waals surface area contributed by atoms with Gasteiger partial charge in [-0.05, 0) is 60.9 Å². The maximum Gasteiger partial charge on any atom is 0.262 e. The lowest BCUT2D eigenvalue weighted by molar-refractivity contribution is 0.280. The van der Waals surface area contributed by atoms with Gasteiger partial charge in [-0.2, -0.15) is 0 Å². The smallest absolute Gasteiger partial charge is 0.262 e. The van der Waals surface area contributed by atoms with Crippen LogP contribution in [0.15, 0.2) is 45.8 Å². The molecule has 0 aliphatic rings. The van der Waals surface area contributed by atoms with E-state index in [1.807, 2.05) is 6.92 Å². The summed E-state index contributed by atoms with van der Waals surface area (Å²) < 4.78 is 28.4. The second kappa shape index (κ2) is 6.17. The number of halogens is 1. The molecule has 0 saturated heterocycles. The number of rotatable bonds is 4. The van der Waals surface area contributed by atoms with E-state index >= 15 is 0 Å². The first kappa shape index (κ1) is 16.0. The number of aliphatic hydroxyl groups excluding tert-OH is 1. The first-order chi connectivity index (χ1) is 9.83. The first-order valence-corrected chi connectivity index (χ1v) is 8.60. The fourth-order valence-electron chi connectivity index (χ4n) is 2.06. The molecule has 0 bridgehead atoms. The molecule has 112 valence electrons. The molecule has 0 aromatic heterocycles. The zero-order chi connectivity index (χ0) is 15.6. The fourth-order valence-corrected chi connectivity index (χ4v) is 3.66. The second-order valence-corrected chi connectivity index (χ2v) is 7.38. The Morgan fingerprint density at radius 1 is 1.10 bits per heavy atom. The summed E-state index contributed by atoms with van der Waals surface area (Å²) in [6.45, 7) is 3.40. The molecule has 21 heavy (non-hydrogen) atoms. The molecule has 0 spiro atoms. The van der Waals surface area contributed by atoms with E-state index in [-0.39, 0.29) is 11.5 Å². The molecule has 0 radical (unpaired) electrons. The number of aliphatic hydroxyl groups is 1. The van der Waals surface area contributed by atoms with Gasteiger partial charge in [0.25, 0.3) is 10.0 Å².